The third-order valence-corrected chi connectivity index (χ3v) is 5.68. The van der Waals surface area contributed by atoms with E-state index in [4.69, 9.17) is 4.74 Å². The van der Waals surface area contributed by atoms with Crippen LogP contribution in [0.2, 0.25) is 0 Å². The summed E-state index contributed by atoms with van der Waals surface area (Å²) in [5.74, 6) is -0.680. The third kappa shape index (κ3) is 3.26. The first-order valence-electron chi connectivity index (χ1n) is 9.57. The molecule has 1 amide bonds. The monoisotopic (exact) mass is 373 g/mol. The molecule has 0 saturated carbocycles. The summed E-state index contributed by atoms with van der Waals surface area (Å²) in [6.07, 6.45) is 2.01. The van der Waals surface area contributed by atoms with E-state index in [2.05, 4.69) is 6.07 Å². The van der Waals surface area contributed by atoms with Gasteiger partial charge in [-0.25, -0.2) is 4.79 Å². The molecule has 28 heavy (non-hydrogen) atoms. The molecule has 0 bridgehead atoms. The van der Waals surface area contributed by atoms with Crippen molar-refractivity contribution in [3.8, 4) is 0 Å². The average Bonchev–Trinajstić information content (AvgIpc) is 3.16. The highest BCUT2D eigenvalue weighted by molar-refractivity contribution is 6.07. The molecule has 1 aliphatic rings. The Kier molecular flexibility index (Phi) is 4.86. The zero-order valence-corrected chi connectivity index (χ0v) is 16.1. The Balaban J connectivity index is 1.46. The van der Waals surface area contributed by atoms with Gasteiger partial charge in [-0.05, 0) is 53.3 Å². The summed E-state index contributed by atoms with van der Waals surface area (Å²) in [6.45, 7) is 1.69. The summed E-state index contributed by atoms with van der Waals surface area (Å²) >= 11 is 0. The number of rotatable bonds is 5. The Morgan fingerprint density at radius 2 is 1.68 bits per heavy atom. The van der Waals surface area contributed by atoms with Crippen molar-refractivity contribution in [2.24, 2.45) is 0 Å². The van der Waals surface area contributed by atoms with Gasteiger partial charge in [0.15, 0.2) is 6.61 Å². The number of carbonyl (C=O) groups excluding carboxylic acids is 2. The number of hydrogen-bond acceptors (Lipinski definition) is 3. The standard InChI is InChI=1S/C24H23NO3/c1-16(17-7-4-3-5-8-17)25(2)22(26)15-28-24(27)21-14-13-19-12-11-18-9-6-10-20(21)23(18)19/h3-10,13-14,16H,11-12,15H2,1-2H3. The number of benzene rings is 3. The normalized spacial score (nSPS) is 13.4. The SMILES string of the molecule is CC(c1ccccc1)N(C)C(=O)COC(=O)c1ccc2c3c(cccc13)CC2. The molecule has 4 heteroatoms. The van der Waals surface area contributed by atoms with E-state index in [1.807, 2.05) is 61.5 Å². The minimum absolute atomic E-state index is 0.0933. The molecule has 3 aromatic rings. The van der Waals surface area contributed by atoms with Gasteiger partial charge < -0.3 is 9.64 Å². The van der Waals surface area contributed by atoms with Gasteiger partial charge in [0.05, 0.1) is 11.6 Å². The van der Waals surface area contributed by atoms with E-state index in [-0.39, 0.29) is 18.6 Å². The first-order valence-corrected chi connectivity index (χ1v) is 9.57. The Labute approximate surface area is 164 Å². The number of nitrogens with zero attached hydrogens (tertiary/aromatic N) is 1. The van der Waals surface area contributed by atoms with Crippen molar-refractivity contribution in [2.45, 2.75) is 25.8 Å². The number of likely N-dealkylation sites (N-methyl/N-ethyl adjacent to an activating group) is 1. The van der Waals surface area contributed by atoms with Gasteiger partial charge in [-0.15, -0.1) is 0 Å². The quantitative estimate of drug-likeness (QED) is 0.626. The van der Waals surface area contributed by atoms with Crippen LogP contribution in [-0.4, -0.2) is 30.4 Å². The number of esters is 1. The lowest BCUT2D eigenvalue weighted by atomic mass is 10.00. The molecule has 4 nitrogen and oxygen atoms in total. The van der Waals surface area contributed by atoms with E-state index in [9.17, 15) is 9.59 Å². The number of ether oxygens (including phenoxy) is 1. The number of amides is 1. The van der Waals surface area contributed by atoms with Crippen LogP contribution < -0.4 is 0 Å². The Bertz CT molecular complexity index is 1030. The maximum Gasteiger partial charge on any atom is 0.339 e. The fraction of sp³-hybridized carbons (Fsp3) is 0.250. The van der Waals surface area contributed by atoms with Crippen LogP contribution in [0, 0.1) is 0 Å². The Morgan fingerprint density at radius 3 is 2.43 bits per heavy atom. The van der Waals surface area contributed by atoms with Crippen molar-refractivity contribution in [3.05, 3.63) is 82.9 Å². The lowest BCUT2D eigenvalue weighted by Gasteiger charge is -2.25. The second-order valence-corrected chi connectivity index (χ2v) is 7.28. The predicted octanol–water partition coefficient (Wildman–Crippen LogP) is 4.31. The Hall–Kier alpha value is -3.14. The van der Waals surface area contributed by atoms with Crippen LogP contribution in [-0.2, 0) is 22.4 Å². The third-order valence-electron chi connectivity index (χ3n) is 5.68. The van der Waals surface area contributed by atoms with Gasteiger partial charge in [-0.1, -0.05) is 54.6 Å². The summed E-state index contributed by atoms with van der Waals surface area (Å²) in [5, 5.41) is 2.08. The summed E-state index contributed by atoms with van der Waals surface area (Å²) in [7, 11) is 1.73. The maximum absolute atomic E-state index is 12.7. The summed E-state index contributed by atoms with van der Waals surface area (Å²) < 4.78 is 5.38. The van der Waals surface area contributed by atoms with E-state index in [1.165, 1.54) is 11.1 Å². The van der Waals surface area contributed by atoms with Gasteiger partial charge >= 0.3 is 5.97 Å². The summed E-state index contributed by atoms with van der Waals surface area (Å²) in [5.41, 5.74) is 4.11. The average molecular weight is 373 g/mol. The van der Waals surface area contributed by atoms with Crippen molar-refractivity contribution < 1.29 is 14.3 Å². The molecule has 0 N–H and O–H groups in total. The fourth-order valence-corrected chi connectivity index (χ4v) is 3.90. The molecule has 142 valence electrons. The van der Waals surface area contributed by atoms with E-state index in [0.29, 0.717) is 5.56 Å². The number of carbonyl (C=O) groups is 2. The molecule has 0 fully saturated rings. The zero-order chi connectivity index (χ0) is 19.7. The molecular formula is C24H23NO3. The van der Waals surface area contributed by atoms with Crippen LogP contribution in [0.15, 0.2) is 60.7 Å². The molecule has 1 unspecified atom stereocenters. The second kappa shape index (κ2) is 7.47. The van der Waals surface area contributed by atoms with Crippen LogP contribution >= 0.6 is 0 Å². The van der Waals surface area contributed by atoms with Crippen LogP contribution in [0.3, 0.4) is 0 Å². The smallest absolute Gasteiger partial charge is 0.339 e. The zero-order valence-electron chi connectivity index (χ0n) is 16.1. The molecule has 0 radical (unpaired) electrons. The van der Waals surface area contributed by atoms with Crippen molar-refractivity contribution >= 4 is 22.6 Å². The molecule has 0 saturated heterocycles. The van der Waals surface area contributed by atoms with Gasteiger partial charge in [-0.3, -0.25) is 4.79 Å². The van der Waals surface area contributed by atoms with Gasteiger partial charge in [-0.2, -0.15) is 0 Å². The molecule has 0 aliphatic heterocycles. The number of hydrogen-bond donors (Lipinski definition) is 0. The first-order chi connectivity index (χ1) is 13.6. The van der Waals surface area contributed by atoms with Crippen LogP contribution in [0.25, 0.3) is 10.8 Å². The molecule has 3 aromatic carbocycles. The van der Waals surface area contributed by atoms with Gasteiger partial charge in [0.2, 0.25) is 0 Å². The highest BCUT2D eigenvalue weighted by Gasteiger charge is 2.22. The lowest BCUT2D eigenvalue weighted by molar-refractivity contribution is -0.135. The van der Waals surface area contributed by atoms with Gasteiger partial charge in [0, 0.05) is 7.05 Å². The molecule has 1 atom stereocenters. The van der Waals surface area contributed by atoms with Crippen LogP contribution in [0.5, 0.6) is 0 Å². The topological polar surface area (TPSA) is 46.6 Å². The fourth-order valence-electron chi connectivity index (χ4n) is 3.90. The van der Waals surface area contributed by atoms with E-state index in [1.54, 1.807) is 11.9 Å². The van der Waals surface area contributed by atoms with Crippen molar-refractivity contribution in [3.63, 3.8) is 0 Å². The second-order valence-electron chi connectivity index (χ2n) is 7.28. The molecule has 1 aliphatic carbocycles. The van der Waals surface area contributed by atoms with Crippen molar-refractivity contribution in [1.29, 1.82) is 0 Å². The molecule has 0 heterocycles. The lowest BCUT2D eigenvalue weighted by Crippen LogP contribution is -2.33. The molecule has 4 rings (SSSR count). The predicted molar refractivity (Wildman–Crippen MR) is 109 cm³/mol. The highest BCUT2D eigenvalue weighted by Crippen LogP contribution is 2.33. The van der Waals surface area contributed by atoms with Crippen molar-refractivity contribution in [1.82, 2.24) is 4.90 Å². The van der Waals surface area contributed by atoms with Crippen molar-refractivity contribution in [2.75, 3.05) is 13.7 Å². The summed E-state index contributed by atoms with van der Waals surface area (Å²) in [4.78, 5) is 26.8. The molecule has 0 aromatic heterocycles. The molecular weight excluding hydrogens is 350 g/mol. The first kappa shape index (κ1) is 18.2. The highest BCUT2D eigenvalue weighted by atomic mass is 16.5. The van der Waals surface area contributed by atoms with E-state index in [0.717, 1.165) is 29.2 Å². The Morgan fingerprint density at radius 1 is 0.964 bits per heavy atom. The van der Waals surface area contributed by atoms with Gasteiger partial charge in [0.25, 0.3) is 5.91 Å². The van der Waals surface area contributed by atoms with Gasteiger partial charge in [0.1, 0.15) is 0 Å². The largest absolute Gasteiger partial charge is 0.452 e. The van der Waals surface area contributed by atoms with E-state index < -0.39 is 5.97 Å². The minimum Gasteiger partial charge on any atom is -0.452 e. The minimum atomic E-state index is -0.454. The van der Waals surface area contributed by atoms with E-state index >= 15 is 0 Å². The van der Waals surface area contributed by atoms with Crippen LogP contribution in [0.4, 0.5) is 0 Å². The maximum atomic E-state index is 12.7. The number of aryl methyl sites for hydroxylation is 2. The van der Waals surface area contributed by atoms with Crippen LogP contribution in [0.1, 0.15) is 40.0 Å². The summed E-state index contributed by atoms with van der Waals surface area (Å²) in [6, 6.07) is 19.6. The molecule has 0 spiro atoms.